The Kier molecular flexibility index (Phi) is 3.73. The van der Waals surface area contributed by atoms with Crippen LogP contribution in [-0.4, -0.2) is 23.8 Å². The van der Waals surface area contributed by atoms with Gasteiger partial charge in [-0.2, -0.15) is 0 Å². The molecule has 0 unspecified atom stereocenters. The third-order valence-corrected chi connectivity index (χ3v) is 3.72. The Balaban J connectivity index is 1.90. The number of ether oxygens (including phenoxy) is 1. The fraction of sp³-hybridized carbons (Fsp3) is 0.368. The van der Waals surface area contributed by atoms with E-state index in [1.165, 1.54) is 16.7 Å². The minimum atomic E-state index is -0.469. The van der Waals surface area contributed by atoms with E-state index >= 15 is 0 Å². The van der Waals surface area contributed by atoms with Crippen molar-refractivity contribution in [1.82, 2.24) is 0 Å². The molecule has 0 saturated heterocycles. The minimum absolute atomic E-state index is 0.0709. The van der Waals surface area contributed by atoms with Gasteiger partial charge in [-0.15, -0.1) is 0 Å². The van der Waals surface area contributed by atoms with Gasteiger partial charge in [-0.1, -0.05) is 36.4 Å². The second kappa shape index (κ2) is 5.56. The summed E-state index contributed by atoms with van der Waals surface area (Å²) in [5.74, 6) is -0.280. The molecule has 0 aliphatic heterocycles. The molecule has 3 nitrogen and oxygen atoms in total. The van der Waals surface area contributed by atoms with Crippen LogP contribution in [0.5, 0.6) is 0 Å². The molecule has 0 amide bonds. The lowest BCUT2D eigenvalue weighted by Gasteiger charge is -2.18. The van der Waals surface area contributed by atoms with Crippen molar-refractivity contribution in [3.05, 3.63) is 53.1 Å². The SMILES string of the molecule is CC(C)(C)OC(=O)CN=C1C2=C(C=CCC2)c2ccccc21. The van der Waals surface area contributed by atoms with Gasteiger partial charge in [0, 0.05) is 5.56 Å². The van der Waals surface area contributed by atoms with E-state index < -0.39 is 5.60 Å². The number of aliphatic imine (C=N–C) groups is 1. The Labute approximate surface area is 131 Å². The maximum absolute atomic E-state index is 11.9. The topological polar surface area (TPSA) is 38.7 Å². The van der Waals surface area contributed by atoms with Crippen molar-refractivity contribution in [1.29, 1.82) is 0 Å². The van der Waals surface area contributed by atoms with Crippen LogP contribution in [0.2, 0.25) is 0 Å². The molecule has 22 heavy (non-hydrogen) atoms. The number of rotatable bonds is 2. The number of hydrogen-bond acceptors (Lipinski definition) is 3. The van der Waals surface area contributed by atoms with Crippen molar-refractivity contribution in [3.8, 4) is 0 Å². The lowest BCUT2D eigenvalue weighted by molar-refractivity contribution is -0.152. The highest BCUT2D eigenvalue weighted by Gasteiger charge is 2.27. The first kappa shape index (κ1) is 14.8. The van der Waals surface area contributed by atoms with Crippen LogP contribution in [0.15, 0.2) is 47.0 Å². The van der Waals surface area contributed by atoms with E-state index in [1.807, 2.05) is 32.9 Å². The maximum Gasteiger partial charge on any atom is 0.328 e. The first-order valence-electron chi connectivity index (χ1n) is 7.72. The van der Waals surface area contributed by atoms with Gasteiger partial charge < -0.3 is 4.74 Å². The van der Waals surface area contributed by atoms with Crippen molar-refractivity contribution in [2.24, 2.45) is 4.99 Å². The molecule has 114 valence electrons. The highest BCUT2D eigenvalue weighted by atomic mass is 16.6. The standard InChI is InChI=1S/C19H21NO2/c1-19(2,3)22-17(21)12-20-18-15-10-6-4-8-13(15)14-9-5-7-11-16(14)18/h4-6,8-10H,7,11-12H2,1-3H3. The van der Waals surface area contributed by atoms with Crippen LogP contribution in [0, 0.1) is 0 Å². The molecular formula is C19H21NO2. The highest BCUT2D eigenvalue weighted by molar-refractivity contribution is 6.25. The molecule has 0 bridgehead atoms. The van der Waals surface area contributed by atoms with E-state index in [0.29, 0.717) is 0 Å². The largest absolute Gasteiger partial charge is 0.459 e. The van der Waals surface area contributed by atoms with Crippen molar-refractivity contribution in [2.45, 2.75) is 39.2 Å². The third kappa shape index (κ3) is 2.89. The lowest BCUT2D eigenvalue weighted by Crippen LogP contribution is -2.25. The lowest BCUT2D eigenvalue weighted by atomic mass is 9.97. The Bertz CT molecular complexity index is 702. The number of allylic oxidation sites excluding steroid dienone is 4. The molecular weight excluding hydrogens is 274 g/mol. The highest BCUT2D eigenvalue weighted by Crippen LogP contribution is 2.38. The number of benzene rings is 1. The molecule has 0 saturated carbocycles. The summed E-state index contributed by atoms with van der Waals surface area (Å²) in [5, 5.41) is 0. The Hall–Kier alpha value is -2.16. The molecule has 0 radical (unpaired) electrons. The van der Waals surface area contributed by atoms with Gasteiger partial charge in [-0.3, -0.25) is 9.79 Å². The number of hydrogen-bond donors (Lipinski definition) is 0. The molecule has 0 aromatic heterocycles. The molecule has 3 heteroatoms. The molecule has 0 heterocycles. The number of carbonyl (C=O) groups excluding carboxylic acids is 1. The van der Waals surface area contributed by atoms with Gasteiger partial charge in [0.05, 0.1) is 5.71 Å². The van der Waals surface area contributed by atoms with Crippen molar-refractivity contribution in [2.75, 3.05) is 6.54 Å². The van der Waals surface area contributed by atoms with Crippen LogP contribution in [-0.2, 0) is 9.53 Å². The molecule has 1 aromatic carbocycles. The molecule has 0 spiro atoms. The maximum atomic E-state index is 11.9. The zero-order chi connectivity index (χ0) is 15.7. The van der Waals surface area contributed by atoms with Gasteiger partial charge in [0.25, 0.3) is 0 Å². The minimum Gasteiger partial charge on any atom is -0.459 e. The molecule has 2 aliphatic carbocycles. The van der Waals surface area contributed by atoms with Crippen LogP contribution in [0.1, 0.15) is 44.7 Å². The van der Waals surface area contributed by atoms with Crippen LogP contribution in [0.25, 0.3) is 5.57 Å². The summed E-state index contributed by atoms with van der Waals surface area (Å²) in [7, 11) is 0. The molecule has 0 fully saturated rings. The first-order chi connectivity index (χ1) is 10.5. The molecule has 1 aromatic rings. The number of fused-ring (bicyclic) bond motifs is 2. The third-order valence-electron chi connectivity index (χ3n) is 3.72. The molecule has 0 atom stereocenters. The van der Waals surface area contributed by atoms with E-state index in [9.17, 15) is 4.79 Å². The van der Waals surface area contributed by atoms with Crippen LogP contribution < -0.4 is 0 Å². The van der Waals surface area contributed by atoms with Crippen LogP contribution in [0.4, 0.5) is 0 Å². The predicted molar refractivity (Wildman–Crippen MR) is 89.0 cm³/mol. The van der Waals surface area contributed by atoms with Crippen molar-refractivity contribution in [3.63, 3.8) is 0 Å². The second-order valence-corrected chi connectivity index (χ2v) is 6.63. The quantitative estimate of drug-likeness (QED) is 0.775. The average molecular weight is 295 g/mol. The normalized spacial score (nSPS) is 18.4. The van der Waals surface area contributed by atoms with Gasteiger partial charge >= 0.3 is 5.97 Å². The van der Waals surface area contributed by atoms with Crippen LogP contribution in [0.3, 0.4) is 0 Å². The summed E-state index contributed by atoms with van der Waals surface area (Å²) < 4.78 is 5.35. The van der Waals surface area contributed by atoms with E-state index in [1.54, 1.807) is 0 Å². The zero-order valence-corrected chi connectivity index (χ0v) is 13.3. The van der Waals surface area contributed by atoms with Crippen molar-refractivity contribution >= 4 is 17.3 Å². The molecule has 0 N–H and O–H groups in total. The Morgan fingerprint density at radius 2 is 1.95 bits per heavy atom. The predicted octanol–water partition coefficient (Wildman–Crippen LogP) is 3.93. The van der Waals surface area contributed by atoms with Gasteiger partial charge in [0.15, 0.2) is 0 Å². The fourth-order valence-corrected chi connectivity index (χ4v) is 2.95. The summed E-state index contributed by atoms with van der Waals surface area (Å²) in [6.07, 6.45) is 6.38. The Morgan fingerprint density at radius 1 is 1.23 bits per heavy atom. The zero-order valence-electron chi connectivity index (χ0n) is 13.3. The summed E-state index contributed by atoms with van der Waals surface area (Å²) in [5.41, 5.74) is 5.35. The summed E-state index contributed by atoms with van der Waals surface area (Å²) in [6, 6.07) is 8.26. The Morgan fingerprint density at radius 3 is 2.68 bits per heavy atom. The number of nitrogens with zero attached hydrogens (tertiary/aromatic N) is 1. The monoisotopic (exact) mass is 295 g/mol. The van der Waals surface area contributed by atoms with E-state index in [-0.39, 0.29) is 12.5 Å². The van der Waals surface area contributed by atoms with Gasteiger partial charge in [0.1, 0.15) is 12.1 Å². The van der Waals surface area contributed by atoms with Gasteiger partial charge in [-0.25, -0.2) is 0 Å². The molecule has 2 aliphatic rings. The summed E-state index contributed by atoms with van der Waals surface area (Å²) in [6.45, 7) is 5.68. The van der Waals surface area contributed by atoms with E-state index in [2.05, 4.69) is 29.3 Å². The average Bonchev–Trinajstić information content (AvgIpc) is 2.78. The van der Waals surface area contributed by atoms with E-state index in [0.717, 1.165) is 24.1 Å². The number of esters is 1. The van der Waals surface area contributed by atoms with Gasteiger partial charge in [0.2, 0.25) is 0 Å². The van der Waals surface area contributed by atoms with E-state index in [4.69, 9.17) is 4.74 Å². The van der Waals surface area contributed by atoms with Gasteiger partial charge in [-0.05, 0) is 50.3 Å². The molecule has 3 rings (SSSR count). The summed E-state index contributed by atoms with van der Waals surface area (Å²) in [4.78, 5) is 16.5. The summed E-state index contributed by atoms with van der Waals surface area (Å²) >= 11 is 0. The van der Waals surface area contributed by atoms with Crippen LogP contribution >= 0.6 is 0 Å². The second-order valence-electron chi connectivity index (χ2n) is 6.63. The first-order valence-corrected chi connectivity index (χ1v) is 7.72. The smallest absolute Gasteiger partial charge is 0.328 e. The van der Waals surface area contributed by atoms with Crippen molar-refractivity contribution < 1.29 is 9.53 Å². The number of carbonyl (C=O) groups is 1. The fourth-order valence-electron chi connectivity index (χ4n) is 2.95.